The number of hydrogen-bond acceptors (Lipinski definition) is 6. The molecule has 0 spiro atoms. The van der Waals surface area contributed by atoms with Crippen molar-refractivity contribution < 1.29 is 24.4 Å². The number of carbonyl (C=O) groups excluding carboxylic acids is 1. The average Bonchev–Trinajstić information content (AvgIpc) is 2.66. The summed E-state index contributed by atoms with van der Waals surface area (Å²) in [7, 11) is 0. The molecule has 0 aliphatic carbocycles. The van der Waals surface area contributed by atoms with Crippen LogP contribution >= 0.6 is 0 Å². The van der Waals surface area contributed by atoms with Crippen molar-refractivity contribution in [1.29, 1.82) is 0 Å². The molecule has 1 heterocycles. The fraction of sp³-hybridized carbons (Fsp3) is 0.238. The van der Waals surface area contributed by atoms with Gasteiger partial charge in [0.1, 0.15) is 6.61 Å². The van der Waals surface area contributed by atoms with E-state index in [2.05, 4.69) is 5.32 Å². The van der Waals surface area contributed by atoms with Gasteiger partial charge in [-0.25, -0.2) is 9.59 Å². The largest absolute Gasteiger partial charge is 0.478 e. The van der Waals surface area contributed by atoms with E-state index < -0.39 is 22.8 Å². The molecule has 2 N–H and O–H groups in total. The zero-order chi connectivity index (χ0) is 21.6. The van der Waals surface area contributed by atoms with Gasteiger partial charge in [-0.2, -0.15) is 0 Å². The number of carboxylic acids is 1. The SMILES string of the molecule is CC=CC=CCOC(=O)C1=C(C)NC(C)=C(C(=O)O)C1c1cccc([N+](=O)[O-])c1. The fourth-order valence-corrected chi connectivity index (χ4v) is 3.15. The zero-order valence-electron chi connectivity index (χ0n) is 16.3. The maximum atomic E-state index is 12.8. The Labute approximate surface area is 168 Å². The third-order valence-electron chi connectivity index (χ3n) is 4.38. The van der Waals surface area contributed by atoms with Crippen LogP contribution in [0.1, 0.15) is 32.3 Å². The molecule has 0 bridgehead atoms. The Kier molecular flexibility index (Phi) is 7.08. The van der Waals surface area contributed by atoms with E-state index in [0.717, 1.165) is 0 Å². The van der Waals surface area contributed by atoms with Gasteiger partial charge < -0.3 is 15.2 Å². The second-order valence-electron chi connectivity index (χ2n) is 6.35. The minimum absolute atomic E-state index is 0.00666. The molecule has 0 fully saturated rings. The Morgan fingerprint density at radius 3 is 2.55 bits per heavy atom. The van der Waals surface area contributed by atoms with E-state index >= 15 is 0 Å². The number of nitrogens with zero attached hydrogens (tertiary/aromatic N) is 1. The molecular formula is C21H22N2O6. The molecule has 0 saturated carbocycles. The fourth-order valence-electron chi connectivity index (χ4n) is 3.15. The molecule has 0 radical (unpaired) electrons. The normalized spacial score (nSPS) is 17.0. The van der Waals surface area contributed by atoms with Crippen LogP contribution in [0.2, 0.25) is 0 Å². The number of hydrogen-bond donors (Lipinski definition) is 2. The summed E-state index contributed by atoms with van der Waals surface area (Å²) in [5.74, 6) is -2.92. The van der Waals surface area contributed by atoms with Crippen LogP contribution in [0.25, 0.3) is 0 Å². The molecule has 0 aromatic heterocycles. The van der Waals surface area contributed by atoms with E-state index in [1.54, 1.807) is 38.1 Å². The van der Waals surface area contributed by atoms with Gasteiger partial charge in [-0.15, -0.1) is 0 Å². The monoisotopic (exact) mass is 398 g/mol. The second-order valence-corrected chi connectivity index (χ2v) is 6.35. The number of dihydropyridines is 1. The van der Waals surface area contributed by atoms with Crippen LogP contribution in [0, 0.1) is 10.1 Å². The molecule has 2 rings (SSSR count). The van der Waals surface area contributed by atoms with E-state index in [-0.39, 0.29) is 23.4 Å². The number of benzene rings is 1. The molecule has 8 nitrogen and oxygen atoms in total. The first-order valence-electron chi connectivity index (χ1n) is 8.89. The van der Waals surface area contributed by atoms with E-state index in [4.69, 9.17) is 4.74 Å². The standard InChI is InChI=1S/C21H22N2O6/c1-4-5-6-7-11-29-21(26)18-14(3)22-13(2)17(20(24)25)19(18)15-9-8-10-16(12-15)23(27)28/h4-10,12,19,22H,11H2,1-3H3,(H,24,25). The van der Waals surface area contributed by atoms with E-state index in [1.807, 2.05) is 13.0 Å². The van der Waals surface area contributed by atoms with Gasteiger partial charge in [-0.1, -0.05) is 30.4 Å². The Hall–Kier alpha value is -3.68. The highest BCUT2D eigenvalue weighted by molar-refractivity contribution is 5.99. The number of nitro benzene ring substituents is 1. The van der Waals surface area contributed by atoms with Gasteiger partial charge >= 0.3 is 11.9 Å². The van der Waals surface area contributed by atoms with E-state index in [1.165, 1.54) is 18.2 Å². The lowest BCUT2D eigenvalue weighted by Gasteiger charge is -2.29. The summed E-state index contributed by atoms with van der Waals surface area (Å²) in [5.41, 5.74) is 0.971. The molecule has 29 heavy (non-hydrogen) atoms. The second kappa shape index (κ2) is 9.50. The molecule has 1 aliphatic rings. The molecule has 1 unspecified atom stereocenters. The summed E-state index contributed by atoms with van der Waals surface area (Å²) >= 11 is 0. The number of aliphatic carboxylic acids is 1. The van der Waals surface area contributed by atoms with Crippen LogP contribution in [0.3, 0.4) is 0 Å². The molecule has 1 aromatic carbocycles. The van der Waals surface area contributed by atoms with Crippen LogP contribution in [0.4, 0.5) is 5.69 Å². The number of carbonyl (C=O) groups is 2. The summed E-state index contributed by atoms with van der Waals surface area (Å²) < 4.78 is 5.28. The quantitative estimate of drug-likeness (QED) is 0.312. The number of ether oxygens (including phenoxy) is 1. The maximum absolute atomic E-state index is 12.8. The number of rotatable bonds is 7. The zero-order valence-corrected chi connectivity index (χ0v) is 16.3. The molecule has 1 aliphatic heterocycles. The van der Waals surface area contributed by atoms with Crippen LogP contribution in [-0.4, -0.2) is 28.6 Å². The van der Waals surface area contributed by atoms with Crippen LogP contribution in [0.5, 0.6) is 0 Å². The predicted molar refractivity (Wildman–Crippen MR) is 107 cm³/mol. The molecule has 1 atom stereocenters. The summed E-state index contributed by atoms with van der Waals surface area (Å²) in [6, 6.07) is 5.61. The molecule has 1 aromatic rings. The summed E-state index contributed by atoms with van der Waals surface area (Å²) in [4.78, 5) is 35.4. The molecule has 8 heteroatoms. The van der Waals surface area contributed by atoms with Crippen LogP contribution in [0.15, 0.2) is 71.1 Å². The first-order chi connectivity index (χ1) is 13.8. The van der Waals surface area contributed by atoms with E-state index in [9.17, 15) is 24.8 Å². The number of non-ortho nitro benzene ring substituents is 1. The molecule has 152 valence electrons. The third-order valence-corrected chi connectivity index (χ3v) is 4.38. The van der Waals surface area contributed by atoms with Gasteiger partial charge in [0.25, 0.3) is 5.69 Å². The van der Waals surface area contributed by atoms with Crippen LogP contribution in [-0.2, 0) is 14.3 Å². The van der Waals surface area contributed by atoms with Gasteiger partial charge in [0.15, 0.2) is 0 Å². The molecule has 0 amide bonds. The van der Waals surface area contributed by atoms with Gasteiger partial charge in [0.05, 0.1) is 22.0 Å². The lowest BCUT2D eigenvalue weighted by atomic mass is 9.80. The maximum Gasteiger partial charge on any atom is 0.337 e. The number of nitrogens with one attached hydrogen (secondary N) is 1. The smallest absolute Gasteiger partial charge is 0.337 e. The van der Waals surface area contributed by atoms with Crippen molar-refractivity contribution in [2.75, 3.05) is 6.61 Å². The van der Waals surface area contributed by atoms with Crippen molar-refractivity contribution in [3.8, 4) is 0 Å². The number of carboxylic acid groups (broad SMARTS) is 1. The summed E-state index contributed by atoms with van der Waals surface area (Å²) in [5, 5.41) is 23.8. The van der Waals surface area contributed by atoms with Gasteiger partial charge in [0.2, 0.25) is 0 Å². The topological polar surface area (TPSA) is 119 Å². The minimum Gasteiger partial charge on any atom is -0.478 e. The molecular weight excluding hydrogens is 376 g/mol. The van der Waals surface area contributed by atoms with Crippen LogP contribution < -0.4 is 5.32 Å². The summed E-state index contributed by atoms with van der Waals surface area (Å²) in [6.45, 7) is 5.08. The Morgan fingerprint density at radius 2 is 1.93 bits per heavy atom. The van der Waals surface area contributed by atoms with Crippen molar-refractivity contribution >= 4 is 17.6 Å². The van der Waals surface area contributed by atoms with Crippen molar-refractivity contribution in [1.82, 2.24) is 5.32 Å². The van der Waals surface area contributed by atoms with Crippen molar-refractivity contribution in [2.45, 2.75) is 26.7 Å². The Balaban J connectivity index is 2.50. The third kappa shape index (κ3) is 4.98. The average molecular weight is 398 g/mol. The number of nitro groups is 1. The highest BCUT2D eigenvalue weighted by atomic mass is 16.6. The van der Waals surface area contributed by atoms with Crippen molar-refractivity contribution in [3.63, 3.8) is 0 Å². The van der Waals surface area contributed by atoms with E-state index in [0.29, 0.717) is 17.0 Å². The van der Waals surface area contributed by atoms with Gasteiger partial charge in [-0.3, -0.25) is 10.1 Å². The number of allylic oxidation sites excluding steroid dienone is 5. The predicted octanol–water partition coefficient (Wildman–Crippen LogP) is 3.59. The van der Waals surface area contributed by atoms with Gasteiger partial charge in [0, 0.05) is 23.5 Å². The number of esters is 1. The highest BCUT2D eigenvalue weighted by Gasteiger charge is 2.37. The summed E-state index contributed by atoms with van der Waals surface area (Å²) in [6.07, 6.45) is 6.96. The Morgan fingerprint density at radius 1 is 1.24 bits per heavy atom. The first-order valence-corrected chi connectivity index (χ1v) is 8.89. The molecule has 0 saturated heterocycles. The van der Waals surface area contributed by atoms with Gasteiger partial charge in [-0.05, 0) is 32.4 Å². The Bertz CT molecular complexity index is 956. The van der Waals surface area contributed by atoms with Crippen molar-refractivity contribution in [3.05, 3.63) is 86.8 Å². The first kappa shape index (κ1) is 21.6. The lowest BCUT2D eigenvalue weighted by Crippen LogP contribution is -2.31. The van der Waals surface area contributed by atoms with Crippen molar-refractivity contribution in [2.24, 2.45) is 0 Å². The minimum atomic E-state index is -1.22. The highest BCUT2D eigenvalue weighted by Crippen LogP contribution is 2.39. The lowest BCUT2D eigenvalue weighted by molar-refractivity contribution is -0.384.